The molecule has 0 bridgehead atoms. The van der Waals surface area contributed by atoms with Crippen molar-refractivity contribution < 1.29 is 28.0 Å². The molecule has 2 aromatic carbocycles. The van der Waals surface area contributed by atoms with Gasteiger partial charge >= 0.3 is 13.8 Å². The molecule has 24 heavy (non-hydrogen) atoms. The second kappa shape index (κ2) is 8.45. The highest BCUT2D eigenvalue weighted by molar-refractivity contribution is 7.47. The highest BCUT2D eigenvalue weighted by Gasteiger charge is 2.22. The average Bonchev–Trinajstić information content (AvgIpc) is 2.56. The van der Waals surface area contributed by atoms with Crippen molar-refractivity contribution in [3.05, 3.63) is 72.8 Å². The van der Waals surface area contributed by atoms with E-state index in [1.54, 1.807) is 54.6 Å². The number of ether oxygens (including phenoxy) is 1. The van der Waals surface area contributed by atoms with E-state index in [-0.39, 0.29) is 18.8 Å². The minimum absolute atomic E-state index is 0.0801. The molecule has 6 nitrogen and oxygen atoms in total. The molecule has 2 aromatic rings. The van der Waals surface area contributed by atoms with E-state index in [0.29, 0.717) is 11.3 Å². The third-order valence-corrected chi connectivity index (χ3v) is 3.89. The molecular formula is C17H17O6P. The lowest BCUT2D eigenvalue weighted by molar-refractivity contribution is -0.129. The van der Waals surface area contributed by atoms with Gasteiger partial charge in [0, 0.05) is 12.5 Å². The Bertz CT molecular complexity index is 744. The number of carbonyl (C=O) groups is 1. The Morgan fingerprint density at radius 1 is 1.12 bits per heavy atom. The Hall–Kier alpha value is -2.40. The van der Waals surface area contributed by atoms with Crippen molar-refractivity contribution in [2.75, 3.05) is 6.61 Å². The van der Waals surface area contributed by atoms with Gasteiger partial charge in [-0.3, -0.25) is 9.42 Å². The molecule has 0 amide bonds. The predicted octanol–water partition coefficient (Wildman–Crippen LogP) is 3.52. The first-order chi connectivity index (χ1) is 11.5. The van der Waals surface area contributed by atoms with E-state index in [1.807, 2.05) is 0 Å². The Balaban J connectivity index is 1.93. The van der Waals surface area contributed by atoms with Gasteiger partial charge in [-0.2, -0.15) is 0 Å². The molecule has 0 aliphatic heterocycles. The van der Waals surface area contributed by atoms with Crippen molar-refractivity contribution >= 4 is 13.8 Å². The van der Waals surface area contributed by atoms with Crippen molar-refractivity contribution in [1.29, 1.82) is 0 Å². The van der Waals surface area contributed by atoms with E-state index in [4.69, 9.17) is 13.8 Å². The van der Waals surface area contributed by atoms with Crippen LogP contribution in [0.3, 0.4) is 0 Å². The molecule has 0 aliphatic rings. The lowest BCUT2D eigenvalue weighted by Gasteiger charge is -2.13. The third kappa shape index (κ3) is 5.66. The van der Waals surface area contributed by atoms with Crippen molar-refractivity contribution in [3.8, 4) is 11.5 Å². The van der Waals surface area contributed by atoms with Crippen molar-refractivity contribution in [2.45, 2.75) is 6.42 Å². The van der Waals surface area contributed by atoms with Gasteiger partial charge in [-0.15, -0.1) is 0 Å². The van der Waals surface area contributed by atoms with Crippen LogP contribution in [0.4, 0.5) is 0 Å². The van der Waals surface area contributed by atoms with Crippen LogP contribution in [0.1, 0.15) is 5.56 Å². The second-order valence-electron chi connectivity index (χ2n) is 4.69. The fourth-order valence-electron chi connectivity index (χ4n) is 1.87. The van der Waals surface area contributed by atoms with Gasteiger partial charge in [-0.05, 0) is 23.8 Å². The number of hydrogen-bond donors (Lipinski definition) is 1. The molecule has 0 heterocycles. The van der Waals surface area contributed by atoms with Crippen LogP contribution in [0.5, 0.6) is 11.5 Å². The third-order valence-electron chi connectivity index (χ3n) is 2.94. The maximum absolute atomic E-state index is 11.9. The summed E-state index contributed by atoms with van der Waals surface area (Å²) in [6.07, 6.45) is 1.33. The van der Waals surface area contributed by atoms with E-state index in [1.165, 1.54) is 0 Å². The molecule has 1 atom stereocenters. The zero-order valence-electron chi connectivity index (χ0n) is 12.8. The lowest BCUT2D eigenvalue weighted by Crippen LogP contribution is -2.07. The quantitative estimate of drug-likeness (QED) is 0.340. The summed E-state index contributed by atoms with van der Waals surface area (Å²) >= 11 is 0. The summed E-state index contributed by atoms with van der Waals surface area (Å²) in [4.78, 5) is 21.0. The average molecular weight is 348 g/mol. The largest absolute Gasteiger partial charge is 0.527 e. The van der Waals surface area contributed by atoms with Crippen LogP contribution in [0.15, 0.2) is 67.3 Å². The predicted molar refractivity (Wildman–Crippen MR) is 88.8 cm³/mol. The molecule has 0 fully saturated rings. The van der Waals surface area contributed by atoms with Gasteiger partial charge in [0.25, 0.3) is 0 Å². The van der Waals surface area contributed by atoms with Gasteiger partial charge in [-0.1, -0.05) is 43.0 Å². The Kier molecular flexibility index (Phi) is 6.32. The van der Waals surface area contributed by atoms with Crippen LogP contribution < -0.4 is 9.26 Å². The van der Waals surface area contributed by atoms with Crippen LogP contribution in [0, 0.1) is 0 Å². The van der Waals surface area contributed by atoms with E-state index in [9.17, 15) is 14.3 Å². The number of benzene rings is 2. The normalized spacial score (nSPS) is 12.9. The number of carbonyl (C=O) groups excluding carboxylic acids is 1. The molecule has 0 radical (unpaired) electrons. The molecule has 7 heteroatoms. The fourth-order valence-corrected chi connectivity index (χ4v) is 2.63. The summed E-state index contributed by atoms with van der Waals surface area (Å²) in [5, 5.41) is 0. The van der Waals surface area contributed by atoms with E-state index < -0.39 is 13.8 Å². The number of phosphoric acid groups is 1. The first-order valence-corrected chi connectivity index (χ1v) is 8.64. The topological polar surface area (TPSA) is 82.1 Å². The zero-order valence-corrected chi connectivity index (χ0v) is 13.7. The zero-order chi connectivity index (χ0) is 17.4. The molecule has 2 rings (SSSR count). The number of esters is 1. The van der Waals surface area contributed by atoms with Gasteiger partial charge in [0.1, 0.15) is 11.5 Å². The molecule has 0 saturated heterocycles. The number of para-hydroxylation sites is 2. The van der Waals surface area contributed by atoms with Crippen LogP contribution in [-0.2, 0) is 20.3 Å². The summed E-state index contributed by atoms with van der Waals surface area (Å²) in [5.74, 6) is 0.00926. The summed E-state index contributed by atoms with van der Waals surface area (Å²) in [5.41, 5.74) is 0.660. The smallest absolute Gasteiger partial charge is 0.423 e. The van der Waals surface area contributed by atoms with Crippen molar-refractivity contribution in [2.24, 2.45) is 0 Å². The molecule has 126 valence electrons. The van der Waals surface area contributed by atoms with Crippen LogP contribution in [-0.4, -0.2) is 17.5 Å². The van der Waals surface area contributed by atoms with Crippen LogP contribution in [0.2, 0.25) is 0 Å². The Morgan fingerprint density at radius 2 is 1.79 bits per heavy atom. The van der Waals surface area contributed by atoms with E-state index in [2.05, 4.69) is 6.58 Å². The number of hydrogen-bond acceptors (Lipinski definition) is 5. The molecule has 0 saturated carbocycles. The van der Waals surface area contributed by atoms with Gasteiger partial charge in [0.15, 0.2) is 0 Å². The van der Waals surface area contributed by atoms with Gasteiger partial charge < -0.3 is 9.26 Å². The molecule has 1 N–H and O–H groups in total. The molecule has 0 spiro atoms. The number of rotatable bonds is 8. The monoisotopic (exact) mass is 348 g/mol. The Labute approximate surface area is 139 Å². The summed E-state index contributed by atoms with van der Waals surface area (Å²) in [6.45, 7) is 3.25. The lowest BCUT2D eigenvalue weighted by atomic mass is 10.1. The van der Waals surface area contributed by atoms with Gasteiger partial charge in [0.2, 0.25) is 0 Å². The maximum Gasteiger partial charge on any atom is 0.527 e. The van der Waals surface area contributed by atoms with E-state index in [0.717, 1.165) is 6.08 Å². The van der Waals surface area contributed by atoms with Crippen LogP contribution in [0.25, 0.3) is 0 Å². The minimum Gasteiger partial charge on any atom is -0.423 e. The van der Waals surface area contributed by atoms with E-state index >= 15 is 0 Å². The summed E-state index contributed by atoms with van der Waals surface area (Å²) in [6, 6.07) is 15.1. The molecular weight excluding hydrogens is 331 g/mol. The molecule has 0 aromatic heterocycles. The first kappa shape index (κ1) is 17.9. The number of phosphoric ester groups is 1. The highest BCUT2D eigenvalue weighted by Crippen LogP contribution is 2.43. The van der Waals surface area contributed by atoms with Gasteiger partial charge in [-0.25, -0.2) is 9.36 Å². The SMILES string of the molecule is C=CC(=O)Oc1ccccc1CCOP(=O)(O)Oc1ccccc1. The van der Waals surface area contributed by atoms with Gasteiger partial charge in [0.05, 0.1) is 6.61 Å². The summed E-state index contributed by atoms with van der Waals surface area (Å²) < 4.78 is 26.9. The molecule has 1 unspecified atom stereocenters. The molecule has 0 aliphatic carbocycles. The Morgan fingerprint density at radius 3 is 2.50 bits per heavy atom. The maximum atomic E-state index is 11.9. The standard InChI is InChI=1S/C17H17O6P/c1-2-17(18)22-16-11-7-6-8-14(16)12-13-21-24(19,20)23-15-9-4-3-5-10-15/h2-11H,1,12-13H2,(H,19,20). The fraction of sp³-hybridized carbons (Fsp3) is 0.118. The summed E-state index contributed by atoms with van der Waals surface area (Å²) in [7, 11) is -4.22. The van der Waals surface area contributed by atoms with Crippen molar-refractivity contribution in [3.63, 3.8) is 0 Å². The second-order valence-corrected chi connectivity index (χ2v) is 6.07. The first-order valence-electron chi connectivity index (χ1n) is 7.14. The van der Waals surface area contributed by atoms with Crippen LogP contribution >= 0.6 is 7.82 Å². The highest BCUT2D eigenvalue weighted by atomic mass is 31.2. The van der Waals surface area contributed by atoms with Crippen molar-refractivity contribution in [1.82, 2.24) is 0 Å². The minimum atomic E-state index is -4.22.